The third-order valence-corrected chi connectivity index (χ3v) is 4.64. The maximum atomic E-state index is 12.0. The molecule has 0 atom stereocenters. The lowest BCUT2D eigenvalue weighted by molar-refractivity contribution is 0.282. The first-order valence-corrected chi connectivity index (χ1v) is 8.07. The third kappa shape index (κ3) is 3.85. The van der Waals surface area contributed by atoms with Gasteiger partial charge in [0.1, 0.15) is 4.90 Å². The van der Waals surface area contributed by atoms with Gasteiger partial charge in [0, 0.05) is 19.1 Å². The summed E-state index contributed by atoms with van der Waals surface area (Å²) in [5.41, 5.74) is 2.25. The Labute approximate surface area is 118 Å². The van der Waals surface area contributed by atoms with Crippen LogP contribution in [0.2, 0.25) is 0 Å². The predicted octanol–water partition coefficient (Wildman–Crippen LogP) is -0.475. The van der Waals surface area contributed by atoms with Crippen LogP contribution in [0.3, 0.4) is 0 Å². The molecule has 0 bridgehead atoms. The van der Waals surface area contributed by atoms with Crippen molar-refractivity contribution in [1.29, 1.82) is 0 Å². The summed E-state index contributed by atoms with van der Waals surface area (Å²) in [7, 11) is -3.56. The Morgan fingerprint density at radius 1 is 1.40 bits per heavy atom. The second-order valence-corrected chi connectivity index (χ2v) is 6.41. The van der Waals surface area contributed by atoms with Crippen molar-refractivity contribution in [3.8, 4) is 0 Å². The van der Waals surface area contributed by atoms with Gasteiger partial charge in [-0.1, -0.05) is 6.92 Å². The van der Waals surface area contributed by atoms with Crippen molar-refractivity contribution in [2.45, 2.75) is 30.7 Å². The summed E-state index contributed by atoms with van der Waals surface area (Å²) in [5.74, 6) is 5.30. The van der Waals surface area contributed by atoms with Gasteiger partial charge in [0.25, 0.3) is 0 Å². The lowest BCUT2D eigenvalue weighted by Gasteiger charge is -2.19. The molecule has 4 N–H and O–H groups in total. The average Bonchev–Trinajstić information content (AvgIpc) is 3.28. The molecule has 1 aromatic rings. The highest BCUT2D eigenvalue weighted by Gasteiger charge is 2.27. The number of hydrazine groups is 1. The molecule has 112 valence electrons. The Kier molecular flexibility index (Phi) is 4.86. The Morgan fingerprint density at radius 2 is 2.05 bits per heavy atom. The van der Waals surface area contributed by atoms with Gasteiger partial charge < -0.3 is 0 Å². The highest BCUT2D eigenvalue weighted by molar-refractivity contribution is 7.89. The van der Waals surface area contributed by atoms with E-state index in [0.717, 1.165) is 6.54 Å². The number of likely N-dealkylation sites (N-methyl/N-ethyl adjacent to an activating group) is 1. The van der Waals surface area contributed by atoms with Crippen LogP contribution in [0.15, 0.2) is 17.3 Å². The van der Waals surface area contributed by atoms with E-state index in [1.54, 1.807) is 0 Å². The molecule has 1 aromatic heterocycles. The first kappa shape index (κ1) is 15.1. The molecule has 1 heterocycles. The van der Waals surface area contributed by atoms with E-state index < -0.39 is 10.0 Å². The van der Waals surface area contributed by atoms with Crippen molar-refractivity contribution in [1.82, 2.24) is 19.6 Å². The number of nitrogens with two attached hydrogens (primary N) is 1. The van der Waals surface area contributed by atoms with Crippen LogP contribution in [0.4, 0.5) is 5.95 Å². The molecule has 0 aromatic carbocycles. The lowest BCUT2D eigenvalue weighted by atomic mass is 10.4. The molecule has 20 heavy (non-hydrogen) atoms. The zero-order valence-electron chi connectivity index (χ0n) is 11.4. The first-order chi connectivity index (χ1) is 9.56. The number of aromatic nitrogens is 2. The maximum absolute atomic E-state index is 12.0. The summed E-state index contributed by atoms with van der Waals surface area (Å²) in [6, 6.07) is 0.628. The van der Waals surface area contributed by atoms with E-state index in [1.807, 2.05) is 0 Å². The fourth-order valence-electron chi connectivity index (χ4n) is 1.98. The van der Waals surface area contributed by atoms with E-state index in [0.29, 0.717) is 19.1 Å². The molecule has 1 saturated carbocycles. The second kappa shape index (κ2) is 6.44. The fourth-order valence-corrected chi connectivity index (χ4v) is 2.88. The Morgan fingerprint density at radius 3 is 2.55 bits per heavy atom. The molecule has 0 radical (unpaired) electrons. The van der Waals surface area contributed by atoms with E-state index >= 15 is 0 Å². The summed E-state index contributed by atoms with van der Waals surface area (Å²) in [6.07, 6.45) is 4.87. The number of nitrogens with zero attached hydrogens (tertiary/aromatic N) is 3. The molecule has 1 aliphatic carbocycles. The highest BCUT2D eigenvalue weighted by atomic mass is 32.2. The molecule has 0 saturated heterocycles. The highest BCUT2D eigenvalue weighted by Crippen LogP contribution is 2.25. The monoisotopic (exact) mass is 300 g/mol. The molecule has 0 unspecified atom stereocenters. The van der Waals surface area contributed by atoms with E-state index in [9.17, 15) is 8.42 Å². The summed E-state index contributed by atoms with van der Waals surface area (Å²) in [5, 5.41) is 0. The Balaban J connectivity index is 1.89. The molecular weight excluding hydrogens is 280 g/mol. The smallest absolute Gasteiger partial charge is 0.243 e. The van der Waals surface area contributed by atoms with Crippen molar-refractivity contribution in [3.63, 3.8) is 0 Å². The van der Waals surface area contributed by atoms with Gasteiger partial charge in [-0.15, -0.1) is 0 Å². The molecular formula is C11H20N6O2S. The summed E-state index contributed by atoms with van der Waals surface area (Å²) >= 11 is 0. The summed E-state index contributed by atoms with van der Waals surface area (Å²) in [4.78, 5) is 9.88. The summed E-state index contributed by atoms with van der Waals surface area (Å²) < 4.78 is 26.6. The molecule has 2 rings (SSSR count). The first-order valence-electron chi connectivity index (χ1n) is 6.59. The molecule has 1 aliphatic rings. The quantitative estimate of drug-likeness (QED) is 0.439. The molecule has 1 fully saturated rings. The van der Waals surface area contributed by atoms with Gasteiger partial charge in [0.05, 0.1) is 12.4 Å². The van der Waals surface area contributed by atoms with Crippen molar-refractivity contribution in [2.75, 3.05) is 25.1 Å². The van der Waals surface area contributed by atoms with Crippen LogP contribution in [0, 0.1) is 0 Å². The van der Waals surface area contributed by atoms with Crippen molar-refractivity contribution < 1.29 is 8.42 Å². The zero-order valence-corrected chi connectivity index (χ0v) is 12.2. The number of nitrogens with one attached hydrogen (secondary N) is 2. The minimum atomic E-state index is -3.56. The van der Waals surface area contributed by atoms with E-state index in [2.05, 4.69) is 31.9 Å². The van der Waals surface area contributed by atoms with Crippen LogP contribution >= 0.6 is 0 Å². The van der Waals surface area contributed by atoms with Crippen molar-refractivity contribution in [2.24, 2.45) is 5.84 Å². The van der Waals surface area contributed by atoms with Gasteiger partial charge in [-0.3, -0.25) is 10.3 Å². The van der Waals surface area contributed by atoms with Crippen LogP contribution in [0.1, 0.15) is 19.8 Å². The number of hydrogen-bond donors (Lipinski definition) is 3. The second-order valence-electron chi connectivity index (χ2n) is 4.64. The minimum Gasteiger partial charge on any atom is -0.299 e. The summed E-state index contributed by atoms with van der Waals surface area (Å²) in [6.45, 7) is 4.11. The number of sulfonamides is 1. The maximum Gasteiger partial charge on any atom is 0.243 e. The Hall–Kier alpha value is -1.29. The largest absolute Gasteiger partial charge is 0.299 e. The van der Waals surface area contributed by atoms with Gasteiger partial charge in [-0.2, -0.15) is 0 Å². The lowest BCUT2D eigenvalue weighted by Crippen LogP contribution is -2.36. The molecule has 0 spiro atoms. The number of anilines is 1. The average molecular weight is 300 g/mol. The topological polar surface area (TPSA) is 113 Å². The SMILES string of the molecule is CCN(CCNS(=O)(=O)c1cnc(NN)nc1)C1CC1. The van der Waals surface area contributed by atoms with Crippen molar-refractivity contribution >= 4 is 16.0 Å². The standard InChI is InChI=1S/C11H20N6O2S/c1-2-17(9-3-4-9)6-5-15-20(18,19)10-7-13-11(16-12)14-8-10/h7-9,15H,2-6,12H2,1H3,(H,13,14,16). The van der Waals surface area contributed by atoms with Crippen LogP contribution in [-0.4, -0.2) is 49.0 Å². The van der Waals surface area contributed by atoms with Crippen LogP contribution < -0.4 is 16.0 Å². The van der Waals surface area contributed by atoms with Crippen LogP contribution in [0.25, 0.3) is 0 Å². The van der Waals surface area contributed by atoms with E-state index in [4.69, 9.17) is 5.84 Å². The zero-order chi connectivity index (χ0) is 14.6. The number of rotatable bonds is 8. The Bertz CT molecular complexity index is 528. The molecule has 8 nitrogen and oxygen atoms in total. The van der Waals surface area contributed by atoms with Gasteiger partial charge >= 0.3 is 0 Å². The molecule has 9 heteroatoms. The van der Waals surface area contributed by atoms with E-state index in [-0.39, 0.29) is 10.8 Å². The van der Waals surface area contributed by atoms with Gasteiger partial charge in [0.15, 0.2) is 0 Å². The van der Waals surface area contributed by atoms with Gasteiger partial charge in [-0.25, -0.2) is 29.0 Å². The van der Waals surface area contributed by atoms with Crippen molar-refractivity contribution in [3.05, 3.63) is 12.4 Å². The van der Waals surface area contributed by atoms with Gasteiger partial charge in [0.2, 0.25) is 16.0 Å². The van der Waals surface area contributed by atoms with Gasteiger partial charge in [-0.05, 0) is 19.4 Å². The fraction of sp³-hybridized carbons (Fsp3) is 0.636. The molecule has 0 amide bonds. The molecule has 0 aliphatic heterocycles. The number of hydrogen-bond acceptors (Lipinski definition) is 7. The van der Waals surface area contributed by atoms with E-state index in [1.165, 1.54) is 25.2 Å². The predicted molar refractivity (Wildman–Crippen MR) is 75.3 cm³/mol. The third-order valence-electron chi connectivity index (χ3n) is 3.23. The minimum absolute atomic E-state index is 0.0333. The number of nitrogen functional groups attached to an aromatic ring is 1. The van der Waals surface area contributed by atoms with Crippen LogP contribution in [0.5, 0.6) is 0 Å². The normalized spacial score (nSPS) is 15.6. The van der Waals surface area contributed by atoms with Crippen LogP contribution in [-0.2, 0) is 10.0 Å².